The second-order valence-corrected chi connectivity index (χ2v) is 12.7. The number of piperidine rings is 2. The van der Waals surface area contributed by atoms with Crippen LogP contribution in [0.1, 0.15) is 66.1 Å². The molecule has 3 aliphatic rings. The molecule has 2 N–H and O–H groups in total. The first-order valence-electron chi connectivity index (χ1n) is 16.2. The van der Waals surface area contributed by atoms with Gasteiger partial charge < -0.3 is 19.5 Å². The summed E-state index contributed by atoms with van der Waals surface area (Å²) in [5.41, 5.74) is 6.42. The SMILES string of the molecule is CCOC(=O)[C@@H]1CCCN(NC(=O)c2cccc3c2CC(=CCCN2CCC(O)(c4ccc(Cl)cc4)CC2)c2cccnc2O3)C1. The smallest absolute Gasteiger partial charge is 0.310 e. The Morgan fingerprint density at radius 1 is 1.13 bits per heavy atom. The largest absolute Gasteiger partial charge is 0.466 e. The van der Waals surface area contributed by atoms with Crippen LogP contribution < -0.4 is 10.2 Å². The van der Waals surface area contributed by atoms with Crippen molar-refractivity contribution in [1.82, 2.24) is 20.3 Å². The second kappa shape index (κ2) is 14.3. The number of carbonyl (C=O) groups excluding carboxylic acids is 2. The first-order valence-corrected chi connectivity index (χ1v) is 16.6. The fourth-order valence-corrected chi connectivity index (χ4v) is 6.82. The molecule has 2 saturated heterocycles. The van der Waals surface area contributed by atoms with E-state index < -0.39 is 5.60 Å². The number of aromatic nitrogens is 1. The van der Waals surface area contributed by atoms with Crippen molar-refractivity contribution in [3.05, 3.63) is 94.1 Å². The molecule has 1 aromatic heterocycles. The maximum Gasteiger partial charge on any atom is 0.310 e. The van der Waals surface area contributed by atoms with E-state index in [-0.39, 0.29) is 17.8 Å². The van der Waals surface area contributed by atoms with Crippen LogP contribution in [-0.4, -0.2) is 71.2 Å². The van der Waals surface area contributed by atoms with Gasteiger partial charge in [0.2, 0.25) is 5.88 Å². The van der Waals surface area contributed by atoms with Crippen molar-refractivity contribution in [2.45, 2.75) is 51.0 Å². The lowest BCUT2D eigenvalue weighted by molar-refractivity contribution is -0.150. The van der Waals surface area contributed by atoms with Gasteiger partial charge in [-0.3, -0.25) is 15.0 Å². The monoisotopic (exact) mass is 644 g/mol. The fourth-order valence-electron chi connectivity index (χ4n) is 6.70. The number of fused-ring (bicyclic) bond motifs is 2. The minimum Gasteiger partial charge on any atom is -0.466 e. The van der Waals surface area contributed by atoms with Crippen LogP contribution >= 0.6 is 11.6 Å². The van der Waals surface area contributed by atoms with Gasteiger partial charge >= 0.3 is 5.97 Å². The molecule has 2 fully saturated rings. The summed E-state index contributed by atoms with van der Waals surface area (Å²) in [6.07, 6.45) is 8.12. The Hall–Kier alpha value is -3.76. The summed E-state index contributed by atoms with van der Waals surface area (Å²) in [6.45, 7) is 5.68. The zero-order valence-electron chi connectivity index (χ0n) is 26.2. The molecule has 3 aromatic rings. The number of rotatable bonds is 8. The van der Waals surface area contributed by atoms with Crippen LogP contribution in [0.2, 0.25) is 5.02 Å². The van der Waals surface area contributed by atoms with Crippen molar-refractivity contribution in [1.29, 1.82) is 0 Å². The van der Waals surface area contributed by atoms with Crippen molar-refractivity contribution in [3.63, 3.8) is 0 Å². The molecule has 4 heterocycles. The summed E-state index contributed by atoms with van der Waals surface area (Å²) in [6, 6.07) is 16.9. The van der Waals surface area contributed by atoms with Crippen molar-refractivity contribution < 1.29 is 24.2 Å². The molecule has 46 heavy (non-hydrogen) atoms. The molecule has 0 aliphatic carbocycles. The molecule has 1 atom stereocenters. The molecule has 0 spiro atoms. The van der Waals surface area contributed by atoms with E-state index in [2.05, 4.69) is 21.4 Å². The molecule has 6 rings (SSSR count). The summed E-state index contributed by atoms with van der Waals surface area (Å²) in [5.74, 6) is 0.419. The Labute approximate surface area is 275 Å². The zero-order chi connectivity index (χ0) is 32.1. The van der Waals surface area contributed by atoms with Crippen LogP contribution in [0.15, 0.2) is 66.9 Å². The van der Waals surface area contributed by atoms with Gasteiger partial charge in [-0.1, -0.05) is 35.9 Å². The third kappa shape index (κ3) is 7.28. The van der Waals surface area contributed by atoms with Crippen molar-refractivity contribution in [3.8, 4) is 11.6 Å². The lowest BCUT2D eigenvalue weighted by Crippen LogP contribution is -2.49. The topological polar surface area (TPSA) is 104 Å². The van der Waals surface area contributed by atoms with Crippen molar-refractivity contribution in [2.24, 2.45) is 5.92 Å². The first kappa shape index (κ1) is 32.2. The number of ether oxygens (including phenoxy) is 2. The summed E-state index contributed by atoms with van der Waals surface area (Å²) in [7, 11) is 0. The third-order valence-electron chi connectivity index (χ3n) is 9.27. The number of aliphatic hydroxyl groups is 1. The number of nitrogens with one attached hydrogen (secondary N) is 1. The van der Waals surface area contributed by atoms with Gasteiger partial charge in [0.25, 0.3) is 5.91 Å². The zero-order valence-corrected chi connectivity index (χ0v) is 27.0. The van der Waals surface area contributed by atoms with E-state index in [1.807, 2.05) is 59.6 Å². The Morgan fingerprint density at radius 2 is 1.93 bits per heavy atom. The predicted molar refractivity (Wildman–Crippen MR) is 176 cm³/mol. The van der Waals surface area contributed by atoms with Gasteiger partial charge in [0.15, 0.2) is 0 Å². The highest BCUT2D eigenvalue weighted by Crippen LogP contribution is 2.39. The van der Waals surface area contributed by atoms with E-state index in [0.717, 1.165) is 61.2 Å². The van der Waals surface area contributed by atoms with E-state index in [1.54, 1.807) is 13.1 Å². The fraction of sp³-hybridized carbons (Fsp3) is 0.417. The molecular formula is C36H41ClN4O5. The lowest BCUT2D eigenvalue weighted by Gasteiger charge is -2.38. The van der Waals surface area contributed by atoms with Crippen molar-refractivity contribution in [2.75, 3.05) is 39.3 Å². The number of amides is 1. The molecule has 2 aromatic carbocycles. The van der Waals surface area contributed by atoms with Crippen LogP contribution in [-0.2, 0) is 21.6 Å². The van der Waals surface area contributed by atoms with Crippen LogP contribution in [0.4, 0.5) is 0 Å². The molecule has 3 aliphatic heterocycles. The molecular weight excluding hydrogens is 604 g/mol. The van der Waals surface area contributed by atoms with Gasteiger partial charge in [-0.15, -0.1) is 0 Å². The minimum absolute atomic E-state index is 0.217. The number of likely N-dealkylation sites (tertiary alicyclic amines) is 1. The Kier molecular flexibility index (Phi) is 10.0. The molecule has 0 bridgehead atoms. The molecule has 9 nitrogen and oxygen atoms in total. The molecule has 0 radical (unpaired) electrons. The van der Waals surface area contributed by atoms with Crippen LogP contribution in [0.5, 0.6) is 11.6 Å². The number of hydrazine groups is 1. The number of allylic oxidation sites excluding steroid dienone is 1. The van der Waals surface area contributed by atoms with Crippen LogP contribution in [0, 0.1) is 5.92 Å². The average Bonchev–Trinajstić information content (AvgIpc) is 3.22. The molecule has 1 amide bonds. The van der Waals surface area contributed by atoms with E-state index in [4.69, 9.17) is 21.1 Å². The highest BCUT2D eigenvalue weighted by molar-refractivity contribution is 6.30. The number of halogens is 1. The van der Waals surface area contributed by atoms with Gasteiger partial charge in [-0.2, -0.15) is 0 Å². The maximum atomic E-state index is 13.7. The maximum absolute atomic E-state index is 13.7. The van der Waals surface area contributed by atoms with E-state index in [0.29, 0.717) is 61.2 Å². The van der Waals surface area contributed by atoms with Gasteiger partial charge in [0.05, 0.1) is 18.1 Å². The van der Waals surface area contributed by atoms with E-state index in [1.165, 1.54) is 0 Å². The Bertz CT molecular complexity index is 1590. The van der Waals surface area contributed by atoms with Gasteiger partial charge in [0.1, 0.15) is 5.75 Å². The summed E-state index contributed by atoms with van der Waals surface area (Å²) in [5, 5.41) is 13.8. The number of hydrogen-bond acceptors (Lipinski definition) is 8. The highest BCUT2D eigenvalue weighted by atomic mass is 35.5. The predicted octanol–water partition coefficient (Wildman–Crippen LogP) is 5.76. The quantitative estimate of drug-likeness (QED) is 0.299. The number of pyridine rings is 1. The summed E-state index contributed by atoms with van der Waals surface area (Å²) < 4.78 is 11.5. The Morgan fingerprint density at radius 3 is 2.72 bits per heavy atom. The number of nitrogens with zero attached hydrogens (tertiary/aromatic N) is 3. The van der Waals surface area contributed by atoms with Gasteiger partial charge in [-0.05, 0) is 86.6 Å². The molecule has 10 heteroatoms. The number of esters is 1. The lowest BCUT2D eigenvalue weighted by atomic mass is 9.84. The Balaban J connectivity index is 1.15. The van der Waals surface area contributed by atoms with E-state index in [9.17, 15) is 14.7 Å². The highest BCUT2D eigenvalue weighted by Gasteiger charge is 2.34. The number of carbonyl (C=O) groups is 2. The minimum atomic E-state index is -0.836. The normalized spacial score (nSPS) is 20.6. The summed E-state index contributed by atoms with van der Waals surface area (Å²) in [4.78, 5) is 32.9. The second-order valence-electron chi connectivity index (χ2n) is 12.3. The standard InChI is InChI=1S/C36H41ClN4O5/c1-2-45-35(43)26-8-6-20-41(24-26)39-33(42)30-9-3-11-32-31(30)23-25(29-10-4-18-38-34(29)46-32)7-5-19-40-21-16-36(44,17-22-40)27-12-14-28(37)15-13-27/h3-4,7,9-15,18,26,44H,2,5-6,8,16-17,19-24H2,1H3,(H,39,42)/t26-/m1/s1. The number of benzene rings is 2. The molecule has 0 unspecified atom stereocenters. The first-order chi connectivity index (χ1) is 22.3. The third-order valence-corrected chi connectivity index (χ3v) is 9.52. The van der Waals surface area contributed by atoms with Crippen LogP contribution in [0.25, 0.3) is 5.57 Å². The average molecular weight is 645 g/mol. The number of hydrogen-bond donors (Lipinski definition) is 2. The molecule has 0 saturated carbocycles. The molecule has 242 valence electrons. The summed E-state index contributed by atoms with van der Waals surface area (Å²) >= 11 is 6.05. The van der Waals surface area contributed by atoms with Crippen molar-refractivity contribution >= 4 is 29.1 Å². The van der Waals surface area contributed by atoms with Gasteiger partial charge in [0, 0.05) is 67.1 Å². The van der Waals surface area contributed by atoms with Gasteiger partial charge in [-0.25, -0.2) is 9.99 Å². The van der Waals surface area contributed by atoms with Crippen LogP contribution in [0.3, 0.4) is 0 Å². The van der Waals surface area contributed by atoms with E-state index >= 15 is 0 Å².